The highest BCUT2D eigenvalue weighted by Gasteiger charge is 2.14. The van der Waals surface area contributed by atoms with E-state index in [9.17, 15) is 0 Å². The molecule has 0 aliphatic heterocycles. The van der Waals surface area contributed by atoms with E-state index in [0.29, 0.717) is 0 Å². The average Bonchev–Trinajstić information content (AvgIpc) is 2.34. The topological polar surface area (TPSA) is 3.24 Å². The van der Waals surface area contributed by atoms with Crippen LogP contribution in [0.5, 0.6) is 0 Å². The van der Waals surface area contributed by atoms with Crippen molar-refractivity contribution in [3.05, 3.63) is 0 Å². The van der Waals surface area contributed by atoms with E-state index in [2.05, 4.69) is 32.7 Å². The van der Waals surface area contributed by atoms with Crippen LogP contribution in [0.1, 0.15) is 25.7 Å². The van der Waals surface area contributed by atoms with Crippen molar-refractivity contribution in [1.82, 2.24) is 2.78 Å². The Labute approximate surface area is 80.0 Å². The molecule has 0 spiro atoms. The Bertz CT molecular complexity index is 91.6. The summed E-state index contributed by atoms with van der Waals surface area (Å²) < 4.78 is 2.40. The summed E-state index contributed by atoms with van der Waals surface area (Å²) in [4.78, 5) is 0. The predicted molar refractivity (Wildman–Crippen MR) is 57.1 cm³/mol. The second-order valence-corrected chi connectivity index (χ2v) is 8.18. The van der Waals surface area contributed by atoms with E-state index in [0.717, 1.165) is 5.92 Å². The molecule has 1 nitrogen and oxygen atoms in total. The Balaban J connectivity index is 2.01. The van der Waals surface area contributed by atoms with E-state index in [1.165, 1.54) is 25.7 Å². The van der Waals surface area contributed by atoms with Gasteiger partial charge < -0.3 is 0 Å². The Morgan fingerprint density at radius 1 is 1.50 bits per heavy atom. The lowest BCUT2D eigenvalue weighted by atomic mass is 10.1. The zero-order valence-corrected chi connectivity index (χ0v) is 10.2. The van der Waals surface area contributed by atoms with Gasteiger partial charge in [0, 0.05) is 22.9 Å². The van der Waals surface area contributed by atoms with Crippen molar-refractivity contribution in [3.63, 3.8) is 0 Å². The predicted octanol–water partition coefficient (Wildman–Crippen LogP) is 1.96. The molecule has 1 fully saturated rings. The second kappa shape index (κ2) is 4.72. The van der Waals surface area contributed by atoms with Crippen molar-refractivity contribution in [1.29, 1.82) is 0 Å². The lowest BCUT2D eigenvalue weighted by Crippen LogP contribution is -2.12. The first-order chi connectivity index (χ1) is 4.79. The molecule has 0 aromatic carbocycles. The van der Waals surface area contributed by atoms with Gasteiger partial charge in [-0.15, -0.1) is 0 Å². The van der Waals surface area contributed by atoms with Crippen LogP contribution in [0.25, 0.3) is 0 Å². The smallest absolute Gasteiger partial charge is 0.107 e. The van der Waals surface area contributed by atoms with Gasteiger partial charge in [-0.25, -0.2) is 0 Å². The van der Waals surface area contributed by atoms with Crippen molar-refractivity contribution in [2.75, 3.05) is 7.05 Å². The number of hydrogen-bond acceptors (Lipinski definition) is 1. The zero-order valence-electron chi connectivity index (χ0n) is 6.65. The van der Waals surface area contributed by atoms with Crippen LogP contribution in [0.4, 0.5) is 0 Å². The highest BCUT2D eigenvalue weighted by Crippen LogP contribution is 2.27. The molecule has 0 aromatic heterocycles. The number of nitrogens with zero attached hydrogens (tertiary/aromatic N) is 1. The molecule has 0 amide bonds. The first-order valence-electron chi connectivity index (χ1n) is 4.16. The summed E-state index contributed by atoms with van der Waals surface area (Å²) in [7, 11) is 2.35. The molecule has 0 unspecified atom stereocenters. The zero-order chi connectivity index (χ0) is 7.40. The molecule has 0 aromatic rings. The van der Waals surface area contributed by atoms with Crippen LogP contribution in [-0.2, 0) is 0 Å². The van der Waals surface area contributed by atoms with E-state index >= 15 is 0 Å². The normalized spacial score (nSPS) is 21.9. The van der Waals surface area contributed by atoms with Gasteiger partial charge in [0.25, 0.3) is 0 Å². The van der Waals surface area contributed by atoms with Gasteiger partial charge in [0.2, 0.25) is 0 Å². The van der Waals surface area contributed by atoms with Gasteiger partial charge in [-0.3, -0.25) is 2.78 Å². The van der Waals surface area contributed by atoms with Crippen molar-refractivity contribution < 1.29 is 0 Å². The van der Waals surface area contributed by atoms with Gasteiger partial charge in [-0.05, 0) is 19.0 Å². The van der Waals surface area contributed by atoms with Crippen LogP contribution in [0, 0.1) is 5.92 Å². The SMILES string of the molecule is CN(I)[SiH2]CC1CCCC1. The van der Waals surface area contributed by atoms with Crippen LogP contribution >= 0.6 is 22.9 Å². The van der Waals surface area contributed by atoms with Gasteiger partial charge in [0.1, 0.15) is 9.68 Å². The van der Waals surface area contributed by atoms with Crippen LogP contribution in [0.15, 0.2) is 0 Å². The van der Waals surface area contributed by atoms with Crippen LogP contribution in [0.3, 0.4) is 0 Å². The third kappa shape index (κ3) is 3.34. The molecule has 10 heavy (non-hydrogen) atoms. The summed E-state index contributed by atoms with van der Waals surface area (Å²) in [6.07, 6.45) is 6.06. The standard InChI is InChI=1S/C7H16INSi/c1-9(8)10-6-7-4-2-3-5-7/h7H,2-6,10H2,1H3. The van der Waals surface area contributed by atoms with Crippen molar-refractivity contribution in [2.24, 2.45) is 5.92 Å². The third-order valence-electron chi connectivity index (χ3n) is 2.32. The van der Waals surface area contributed by atoms with Crippen molar-refractivity contribution >= 4 is 32.5 Å². The fourth-order valence-corrected chi connectivity index (χ4v) is 3.79. The molecular formula is C7H16INSi. The average molecular weight is 269 g/mol. The molecule has 0 atom stereocenters. The fraction of sp³-hybridized carbons (Fsp3) is 1.00. The largest absolute Gasteiger partial charge is 0.278 e. The van der Waals surface area contributed by atoms with Crippen LogP contribution < -0.4 is 0 Å². The van der Waals surface area contributed by atoms with Gasteiger partial charge in [0.15, 0.2) is 0 Å². The van der Waals surface area contributed by atoms with Crippen molar-refractivity contribution in [3.8, 4) is 0 Å². The molecule has 0 N–H and O–H groups in total. The van der Waals surface area contributed by atoms with Gasteiger partial charge >= 0.3 is 0 Å². The van der Waals surface area contributed by atoms with E-state index in [4.69, 9.17) is 0 Å². The minimum Gasteiger partial charge on any atom is -0.278 e. The maximum absolute atomic E-state index is 2.42. The summed E-state index contributed by atoms with van der Waals surface area (Å²) in [5.41, 5.74) is 0. The minimum absolute atomic E-state index is 0.137. The Hall–Kier alpha value is 0.907. The number of rotatable bonds is 3. The molecule has 1 aliphatic carbocycles. The molecule has 3 heteroatoms. The molecule has 0 saturated heterocycles. The first kappa shape index (κ1) is 9.00. The molecule has 1 saturated carbocycles. The summed E-state index contributed by atoms with van der Waals surface area (Å²) in [5, 5.41) is 0. The lowest BCUT2D eigenvalue weighted by Gasteiger charge is -2.10. The summed E-state index contributed by atoms with van der Waals surface area (Å²) in [6.45, 7) is 0. The molecular weight excluding hydrogens is 253 g/mol. The third-order valence-corrected chi connectivity index (χ3v) is 5.46. The van der Waals surface area contributed by atoms with E-state index in [1.807, 2.05) is 0 Å². The van der Waals surface area contributed by atoms with Gasteiger partial charge in [-0.2, -0.15) is 0 Å². The molecule has 1 aliphatic rings. The summed E-state index contributed by atoms with van der Waals surface area (Å²) in [6, 6.07) is 1.56. The molecule has 0 bridgehead atoms. The Morgan fingerprint density at radius 3 is 2.60 bits per heavy atom. The monoisotopic (exact) mass is 269 g/mol. The van der Waals surface area contributed by atoms with E-state index < -0.39 is 0 Å². The second-order valence-electron chi connectivity index (χ2n) is 3.27. The number of hydrogen-bond donors (Lipinski definition) is 0. The lowest BCUT2D eigenvalue weighted by molar-refractivity contribution is 0.602. The Morgan fingerprint density at radius 2 is 2.10 bits per heavy atom. The van der Waals surface area contributed by atoms with E-state index in [1.54, 1.807) is 6.04 Å². The molecule has 0 heterocycles. The molecule has 60 valence electrons. The van der Waals surface area contributed by atoms with Crippen molar-refractivity contribution in [2.45, 2.75) is 31.7 Å². The molecule has 0 radical (unpaired) electrons. The van der Waals surface area contributed by atoms with Crippen LogP contribution in [0.2, 0.25) is 6.04 Å². The minimum atomic E-state index is 0.137. The van der Waals surface area contributed by atoms with Crippen LogP contribution in [-0.4, -0.2) is 19.5 Å². The number of halogens is 1. The molecule has 1 rings (SSSR count). The maximum Gasteiger partial charge on any atom is 0.107 e. The fourth-order valence-electron chi connectivity index (χ4n) is 1.66. The van der Waals surface area contributed by atoms with Gasteiger partial charge in [-0.1, -0.05) is 25.7 Å². The summed E-state index contributed by atoms with van der Waals surface area (Å²) in [5.74, 6) is 1.11. The quantitative estimate of drug-likeness (QED) is 0.430. The highest BCUT2D eigenvalue weighted by molar-refractivity contribution is 14.1. The summed E-state index contributed by atoms with van der Waals surface area (Å²) >= 11 is 2.42. The first-order valence-corrected chi connectivity index (χ1v) is 6.75. The Kier molecular flexibility index (Phi) is 4.25. The highest BCUT2D eigenvalue weighted by atomic mass is 127. The maximum atomic E-state index is 2.42. The van der Waals surface area contributed by atoms with E-state index in [-0.39, 0.29) is 9.68 Å². The van der Waals surface area contributed by atoms with Gasteiger partial charge in [0.05, 0.1) is 0 Å².